The molecule has 0 spiro atoms. The maximum absolute atomic E-state index is 10.4. The van der Waals surface area contributed by atoms with Gasteiger partial charge in [-0.25, -0.2) is 0 Å². The van der Waals surface area contributed by atoms with E-state index < -0.39 is 0 Å². The molecule has 3 heteroatoms. The molecule has 3 atom stereocenters. The van der Waals surface area contributed by atoms with Crippen molar-refractivity contribution in [1.29, 1.82) is 0 Å². The largest absolute Gasteiger partial charge is 0.497 e. The van der Waals surface area contributed by atoms with Crippen LogP contribution >= 0.6 is 0 Å². The van der Waals surface area contributed by atoms with Crippen LogP contribution in [0.5, 0.6) is 11.5 Å². The van der Waals surface area contributed by atoms with E-state index >= 15 is 0 Å². The number of rotatable bonds is 4. The van der Waals surface area contributed by atoms with Gasteiger partial charge in [0.2, 0.25) is 0 Å². The lowest BCUT2D eigenvalue weighted by Crippen LogP contribution is -2.23. The Hall–Kier alpha value is -2.26. The van der Waals surface area contributed by atoms with Crippen LogP contribution in [0.4, 0.5) is 0 Å². The summed E-state index contributed by atoms with van der Waals surface area (Å²) in [5.41, 5.74) is 5.26. The highest BCUT2D eigenvalue weighted by Gasteiger charge is 2.39. The molecule has 0 radical (unpaired) electrons. The number of methoxy groups -OCH3 is 2. The highest BCUT2D eigenvalue weighted by atomic mass is 16.5. The summed E-state index contributed by atoms with van der Waals surface area (Å²) < 4.78 is 10.6. The summed E-state index contributed by atoms with van der Waals surface area (Å²) in [6, 6.07) is 16.7. The van der Waals surface area contributed by atoms with Gasteiger partial charge in [0.05, 0.1) is 20.3 Å². The lowest BCUT2D eigenvalue weighted by Gasteiger charge is -2.32. The Morgan fingerprint density at radius 1 is 0.731 bits per heavy atom. The molecule has 2 unspecified atom stereocenters. The molecule has 0 aliphatic heterocycles. The molecule has 3 nitrogen and oxygen atoms in total. The lowest BCUT2D eigenvalue weighted by atomic mass is 9.73. The van der Waals surface area contributed by atoms with Gasteiger partial charge in [0, 0.05) is 0 Å². The Balaban J connectivity index is 1.77. The summed E-state index contributed by atoms with van der Waals surface area (Å²) in [5.74, 6) is 2.72. The molecular formula is C23H26O3. The zero-order valence-corrected chi connectivity index (χ0v) is 15.4. The van der Waals surface area contributed by atoms with E-state index in [2.05, 4.69) is 24.3 Å². The van der Waals surface area contributed by atoms with E-state index in [1.807, 2.05) is 24.3 Å². The summed E-state index contributed by atoms with van der Waals surface area (Å²) in [7, 11) is 3.39. The number of fused-ring (bicyclic) bond motifs is 1. The van der Waals surface area contributed by atoms with Gasteiger partial charge >= 0.3 is 0 Å². The molecular weight excluding hydrogens is 324 g/mol. The fourth-order valence-electron chi connectivity index (χ4n) is 4.60. The maximum Gasteiger partial charge on any atom is 0.118 e. The van der Waals surface area contributed by atoms with E-state index in [0.717, 1.165) is 37.2 Å². The number of benzene rings is 2. The van der Waals surface area contributed by atoms with E-state index in [1.165, 1.54) is 22.3 Å². The standard InChI is InChI=1S/C23H26O3/c1-25-18-8-3-15(4-9-18)20-13-17-7-12-23(24)22(17)14-21(20)16-5-10-19(26-2)11-6-16/h3-6,8-11,17,22-24H,7,12-14H2,1-2H3/t17?,22?,23-/m1/s1. The minimum absolute atomic E-state index is 0.161. The van der Waals surface area contributed by atoms with Crippen molar-refractivity contribution in [2.24, 2.45) is 11.8 Å². The first-order valence-corrected chi connectivity index (χ1v) is 9.38. The summed E-state index contributed by atoms with van der Waals surface area (Å²) >= 11 is 0. The van der Waals surface area contributed by atoms with E-state index in [4.69, 9.17) is 9.47 Å². The smallest absolute Gasteiger partial charge is 0.118 e. The van der Waals surface area contributed by atoms with E-state index in [9.17, 15) is 5.11 Å². The molecule has 0 saturated heterocycles. The Bertz CT molecular complexity index is 789. The van der Waals surface area contributed by atoms with Crippen LogP contribution < -0.4 is 9.47 Å². The van der Waals surface area contributed by atoms with Crippen molar-refractivity contribution in [3.63, 3.8) is 0 Å². The molecule has 2 aliphatic carbocycles. The average Bonchev–Trinajstić information content (AvgIpc) is 3.07. The molecule has 26 heavy (non-hydrogen) atoms. The minimum Gasteiger partial charge on any atom is -0.497 e. The molecule has 1 N–H and O–H groups in total. The van der Waals surface area contributed by atoms with Crippen LogP contribution in [0, 0.1) is 11.8 Å². The van der Waals surface area contributed by atoms with Crippen molar-refractivity contribution in [2.75, 3.05) is 14.2 Å². The third-order valence-electron chi connectivity index (χ3n) is 6.08. The van der Waals surface area contributed by atoms with Gasteiger partial charge in [-0.3, -0.25) is 0 Å². The number of allylic oxidation sites excluding steroid dienone is 2. The fraction of sp³-hybridized carbons (Fsp3) is 0.391. The third kappa shape index (κ3) is 3.12. The molecule has 136 valence electrons. The van der Waals surface area contributed by atoms with Crippen molar-refractivity contribution in [3.05, 3.63) is 59.7 Å². The number of hydrogen-bond donors (Lipinski definition) is 1. The molecule has 0 amide bonds. The van der Waals surface area contributed by atoms with Crippen LogP contribution in [-0.4, -0.2) is 25.4 Å². The Labute approximate surface area is 155 Å². The third-order valence-corrected chi connectivity index (χ3v) is 6.08. The summed E-state index contributed by atoms with van der Waals surface area (Å²) in [6.07, 6.45) is 3.88. The maximum atomic E-state index is 10.4. The van der Waals surface area contributed by atoms with Gasteiger partial charge in [-0.2, -0.15) is 0 Å². The zero-order valence-electron chi connectivity index (χ0n) is 15.4. The number of ether oxygens (including phenoxy) is 2. The van der Waals surface area contributed by atoms with Crippen LogP contribution in [0.2, 0.25) is 0 Å². The van der Waals surface area contributed by atoms with Gasteiger partial charge in [-0.15, -0.1) is 0 Å². The quantitative estimate of drug-likeness (QED) is 0.861. The first-order chi connectivity index (χ1) is 12.7. The predicted molar refractivity (Wildman–Crippen MR) is 104 cm³/mol. The molecule has 2 aromatic rings. The van der Waals surface area contributed by atoms with Crippen molar-refractivity contribution < 1.29 is 14.6 Å². The molecule has 0 heterocycles. The van der Waals surface area contributed by atoms with Crippen molar-refractivity contribution in [1.82, 2.24) is 0 Å². The van der Waals surface area contributed by atoms with Crippen LogP contribution in [-0.2, 0) is 0 Å². The molecule has 0 aromatic heterocycles. The van der Waals surface area contributed by atoms with Crippen molar-refractivity contribution in [2.45, 2.75) is 31.8 Å². The summed E-state index contributed by atoms with van der Waals surface area (Å²) in [6.45, 7) is 0. The monoisotopic (exact) mass is 350 g/mol. The normalized spacial score (nSPS) is 25.1. The number of hydrogen-bond acceptors (Lipinski definition) is 3. The average molecular weight is 350 g/mol. The van der Waals surface area contributed by atoms with Gasteiger partial charge < -0.3 is 14.6 Å². The highest BCUT2D eigenvalue weighted by molar-refractivity contribution is 5.92. The molecule has 1 fully saturated rings. The second-order valence-corrected chi connectivity index (χ2v) is 7.39. The molecule has 1 saturated carbocycles. The SMILES string of the molecule is COc1ccc(C2=C(c3ccc(OC)cc3)CC3C(CC[C@H]3O)C2)cc1. The predicted octanol–water partition coefficient (Wildman–Crippen LogP) is 4.80. The van der Waals surface area contributed by atoms with Gasteiger partial charge in [0.15, 0.2) is 0 Å². The van der Waals surface area contributed by atoms with E-state index in [0.29, 0.717) is 11.8 Å². The Morgan fingerprint density at radius 3 is 1.73 bits per heavy atom. The van der Waals surface area contributed by atoms with Gasteiger partial charge in [-0.1, -0.05) is 24.3 Å². The van der Waals surface area contributed by atoms with Crippen LogP contribution in [0.15, 0.2) is 48.5 Å². The van der Waals surface area contributed by atoms with Crippen LogP contribution in [0.1, 0.15) is 36.8 Å². The summed E-state index contributed by atoms with van der Waals surface area (Å²) in [4.78, 5) is 0. The Kier molecular flexibility index (Phi) is 4.73. The molecule has 4 rings (SSSR count). The summed E-state index contributed by atoms with van der Waals surface area (Å²) in [5, 5.41) is 10.4. The van der Waals surface area contributed by atoms with E-state index in [-0.39, 0.29) is 6.10 Å². The number of aliphatic hydroxyl groups is 1. The second-order valence-electron chi connectivity index (χ2n) is 7.39. The van der Waals surface area contributed by atoms with Crippen molar-refractivity contribution >= 4 is 11.1 Å². The molecule has 2 aliphatic rings. The first-order valence-electron chi connectivity index (χ1n) is 9.38. The zero-order chi connectivity index (χ0) is 18.1. The minimum atomic E-state index is -0.161. The van der Waals surface area contributed by atoms with Crippen LogP contribution in [0.25, 0.3) is 11.1 Å². The topological polar surface area (TPSA) is 38.7 Å². The first kappa shape index (κ1) is 17.2. The van der Waals surface area contributed by atoms with Gasteiger partial charge in [-0.05, 0) is 84.1 Å². The number of aliphatic hydroxyl groups excluding tert-OH is 1. The highest BCUT2D eigenvalue weighted by Crippen LogP contribution is 2.50. The molecule has 0 bridgehead atoms. The Morgan fingerprint density at radius 2 is 1.23 bits per heavy atom. The van der Waals surface area contributed by atoms with Gasteiger partial charge in [0.1, 0.15) is 11.5 Å². The lowest BCUT2D eigenvalue weighted by molar-refractivity contribution is 0.119. The second kappa shape index (κ2) is 7.16. The fourth-order valence-corrected chi connectivity index (χ4v) is 4.60. The van der Waals surface area contributed by atoms with Crippen molar-refractivity contribution in [3.8, 4) is 11.5 Å². The van der Waals surface area contributed by atoms with Gasteiger partial charge in [0.25, 0.3) is 0 Å². The molecule has 2 aromatic carbocycles. The van der Waals surface area contributed by atoms with E-state index in [1.54, 1.807) is 14.2 Å². The van der Waals surface area contributed by atoms with Crippen LogP contribution in [0.3, 0.4) is 0 Å².